The third-order valence-corrected chi connectivity index (χ3v) is 2.34. The Morgan fingerprint density at radius 3 is 2.33 bits per heavy atom. The lowest BCUT2D eigenvalue weighted by atomic mass is 10.0. The van der Waals surface area contributed by atoms with Crippen LogP contribution in [0.2, 0.25) is 0 Å². The van der Waals surface area contributed by atoms with Crippen LogP contribution in [0, 0.1) is 5.92 Å². The molecule has 0 saturated heterocycles. The molecule has 0 radical (unpaired) electrons. The molecule has 0 bridgehead atoms. The number of aliphatic hydroxyl groups is 2. The molecule has 0 aliphatic carbocycles. The van der Waals surface area contributed by atoms with Crippen LogP contribution in [-0.4, -0.2) is 36.1 Å². The Kier molecular flexibility index (Phi) is 10.3. The third-order valence-electron chi connectivity index (χ3n) is 2.34. The first-order valence-corrected chi connectivity index (χ1v) is 6.03. The van der Waals surface area contributed by atoms with Gasteiger partial charge in [0, 0.05) is 6.61 Å². The molecule has 0 aromatic heterocycles. The lowest BCUT2D eigenvalue weighted by Crippen LogP contribution is -2.19. The predicted molar refractivity (Wildman–Crippen MR) is 61.8 cm³/mol. The summed E-state index contributed by atoms with van der Waals surface area (Å²) in [5, 5.41) is 17.5. The lowest BCUT2D eigenvalue weighted by Gasteiger charge is -2.08. The van der Waals surface area contributed by atoms with Gasteiger partial charge in [-0.05, 0) is 12.3 Å². The van der Waals surface area contributed by atoms with Gasteiger partial charge in [-0.15, -0.1) is 0 Å². The van der Waals surface area contributed by atoms with Crippen LogP contribution in [0.15, 0.2) is 0 Å². The zero-order valence-electron chi connectivity index (χ0n) is 10.1. The summed E-state index contributed by atoms with van der Waals surface area (Å²) in [7, 11) is 0. The van der Waals surface area contributed by atoms with Crippen molar-refractivity contribution in [2.45, 2.75) is 52.1 Å². The molecule has 2 N–H and O–H groups in total. The first-order valence-electron chi connectivity index (χ1n) is 6.03. The van der Waals surface area contributed by atoms with Gasteiger partial charge in [0.05, 0.1) is 13.2 Å². The molecule has 1 atom stereocenters. The van der Waals surface area contributed by atoms with E-state index >= 15 is 0 Å². The van der Waals surface area contributed by atoms with E-state index in [0.717, 1.165) is 12.3 Å². The van der Waals surface area contributed by atoms with Gasteiger partial charge in [0.1, 0.15) is 6.10 Å². The first-order chi connectivity index (χ1) is 7.16. The molecule has 3 nitrogen and oxygen atoms in total. The third kappa shape index (κ3) is 11.8. The van der Waals surface area contributed by atoms with Crippen LogP contribution in [0.3, 0.4) is 0 Å². The Balaban J connectivity index is 2.99. The number of rotatable bonds is 10. The average Bonchev–Trinajstić information content (AvgIpc) is 2.21. The second kappa shape index (κ2) is 10.4. The van der Waals surface area contributed by atoms with Crippen LogP contribution < -0.4 is 0 Å². The number of unbranched alkanes of at least 4 members (excludes halogenated alkanes) is 3. The van der Waals surface area contributed by atoms with Crippen LogP contribution in [0.1, 0.15) is 46.0 Å². The average molecular weight is 218 g/mol. The SMILES string of the molecule is CC(C)CCCCCCOCC(O)CO. The highest BCUT2D eigenvalue weighted by Gasteiger charge is 2.00. The van der Waals surface area contributed by atoms with Gasteiger partial charge in [0.25, 0.3) is 0 Å². The van der Waals surface area contributed by atoms with Crippen molar-refractivity contribution in [3.63, 3.8) is 0 Å². The van der Waals surface area contributed by atoms with Gasteiger partial charge in [-0.2, -0.15) is 0 Å². The van der Waals surface area contributed by atoms with Crippen LogP contribution in [-0.2, 0) is 4.74 Å². The zero-order chi connectivity index (χ0) is 11.5. The van der Waals surface area contributed by atoms with Crippen LogP contribution in [0.25, 0.3) is 0 Å². The van der Waals surface area contributed by atoms with Gasteiger partial charge < -0.3 is 14.9 Å². The van der Waals surface area contributed by atoms with Gasteiger partial charge in [-0.1, -0.05) is 39.5 Å². The molecule has 92 valence electrons. The summed E-state index contributed by atoms with van der Waals surface area (Å²) in [6, 6.07) is 0. The fraction of sp³-hybridized carbons (Fsp3) is 1.00. The van der Waals surface area contributed by atoms with Crippen molar-refractivity contribution in [2.75, 3.05) is 19.8 Å². The van der Waals surface area contributed by atoms with Crippen molar-refractivity contribution in [1.29, 1.82) is 0 Å². The number of ether oxygens (including phenoxy) is 1. The van der Waals surface area contributed by atoms with E-state index in [9.17, 15) is 0 Å². The second-order valence-electron chi connectivity index (χ2n) is 4.51. The zero-order valence-corrected chi connectivity index (χ0v) is 10.1. The molecule has 0 heterocycles. The molecule has 0 spiro atoms. The summed E-state index contributed by atoms with van der Waals surface area (Å²) in [4.78, 5) is 0. The van der Waals surface area contributed by atoms with Gasteiger partial charge in [0.2, 0.25) is 0 Å². The monoisotopic (exact) mass is 218 g/mol. The topological polar surface area (TPSA) is 49.7 Å². The van der Waals surface area contributed by atoms with Gasteiger partial charge in [-0.3, -0.25) is 0 Å². The Morgan fingerprint density at radius 2 is 1.73 bits per heavy atom. The van der Waals surface area contributed by atoms with Gasteiger partial charge in [-0.25, -0.2) is 0 Å². The van der Waals surface area contributed by atoms with Crippen LogP contribution in [0.5, 0.6) is 0 Å². The van der Waals surface area contributed by atoms with E-state index in [1.165, 1.54) is 25.7 Å². The van der Waals surface area contributed by atoms with Crippen molar-refractivity contribution in [3.05, 3.63) is 0 Å². The highest BCUT2D eigenvalue weighted by molar-refractivity contribution is 4.50. The molecule has 0 amide bonds. The number of hydrogen-bond donors (Lipinski definition) is 2. The smallest absolute Gasteiger partial charge is 0.100 e. The summed E-state index contributed by atoms with van der Waals surface area (Å²) < 4.78 is 5.20. The molecule has 3 heteroatoms. The molecule has 0 aromatic carbocycles. The molecule has 0 saturated carbocycles. The van der Waals surface area contributed by atoms with E-state index in [4.69, 9.17) is 14.9 Å². The quantitative estimate of drug-likeness (QED) is 0.551. The Bertz CT molecular complexity index is 126. The minimum absolute atomic E-state index is 0.214. The Labute approximate surface area is 93.5 Å². The number of hydrogen-bond acceptors (Lipinski definition) is 3. The van der Waals surface area contributed by atoms with E-state index in [0.29, 0.717) is 6.61 Å². The van der Waals surface area contributed by atoms with E-state index < -0.39 is 6.10 Å². The molecule has 0 aliphatic heterocycles. The van der Waals surface area contributed by atoms with E-state index in [1.807, 2.05) is 0 Å². The molecular formula is C12H26O3. The predicted octanol–water partition coefficient (Wildman–Crippen LogP) is 1.96. The van der Waals surface area contributed by atoms with Crippen molar-refractivity contribution >= 4 is 0 Å². The molecule has 0 fully saturated rings. The van der Waals surface area contributed by atoms with E-state index in [-0.39, 0.29) is 13.2 Å². The molecular weight excluding hydrogens is 192 g/mol. The molecule has 15 heavy (non-hydrogen) atoms. The maximum Gasteiger partial charge on any atom is 0.100 e. The Morgan fingerprint density at radius 1 is 1.07 bits per heavy atom. The summed E-state index contributed by atoms with van der Waals surface area (Å²) in [5.74, 6) is 0.806. The summed E-state index contributed by atoms with van der Waals surface area (Å²) >= 11 is 0. The van der Waals surface area contributed by atoms with E-state index in [2.05, 4.69) is 13.8 Å². The molecule has 0 rings (SSSR count). The normalized spacial score (nSPS) is 13.4. The largest absolute Gasteiger partial charge is 0.394 e. The van der Waals surface area contributed by atoms with Crippen molar-refractivity contribution in [3.8, 4) is 0 Å². The maximum atomic E-state index is 8.98. The van der Waals surface area contributed by atoms with Gasteiger partial charge >= 0.3 is 0 Å². The Hall–Kier alpha value is -0.120. The van der Waals surface area contributed by atoms with Crippen LogP contribution >= 0.6 is 0 Å². The van der Waals surface area contributed by atoms with Gasteiger partial charge in [0.15, 0.2) is 0 Å². The van der Waals surface area contributed by atoms with Crippen molar-refractivity contribution < 1.29 is 14.9 Å². The van der Waals surface area contributed by atoms with E-state index in [1.54, 1.807) is 0 Å². The standard InChI is InChI=1S/C12H26O3/c1-11(2)7-5-3-4-6-8-15-10-12(14)9-13/h11-14H,3-10H2,1-2H3. The first kappa shape index (κ1) is 14.9. The second-order valence-corrected chi connectivity index (χ2v) is 4.51. The maximum absolute atomic E-state index is 8.98. The summed E-state index contributed by atoms with van der Waals surface area (Å²) in [6.07, 6.45) is 5.41. The summed E-state index contributed by atoms with van der Waals surface area (Å²) in [5.41, 5.74) is 0. The van der Waals surface area contributed by atoms with Crippen molar-refractivity contribution in [1.82, 2.24) is 0 Å². The summed E-state index contributed by atoms with van der Waals surface area (Å²) in [6.45, 7) is 5.23. The fourth-order valence-corrected chi connectivity index (χ4v) is 1.38. The number of aliphatic hydroxyl groups excluding tert-OH is 2. The highest BCUT2D eigenvalue weighted by Crippen LogP contribution is 2.09. The molecule has 0 aromatic rings. The lowest BCUT2D eigenvalue weighted by molar-refractivity contribution is 0.00525. The van der Waals surface area contributed by atoms with Crippen molar-refractivity contribution in [2.24, 2.45) is 5.92 Å². The highest BCUT2D eigenvalue weighted by atomic mass is 16.5. The van der Waals surface area contributed by atoms with Crippen LogP contribution in [0.4, 0.5) is 0 Å². The fourth-order valence-electron chi connectivity index (χ4n) is 1.38. The molecule has 0 aliphatic rings. The minimum atomic E-state index is -0.717. The minimum Gasteiger partial charge on any atom is -0.394 e. The molecule has 1 unspecified atom stereocenters.